The van der Waals surface area contributed by atoms with E-state index in [0.717, 1.165) is 36.1 Å². The van der Waals surface area contributed by atoms with E-state index in [9.17, 15) is 14.0 Å². The molecule has 3 N–H and O–H groups in total. The van der Waals surface area contributed by atoms with Gasteiger partial charge in [-0.3, -0.25) is 10.1 Å². The number of urea groups is 1. The van der Waals surface area contributed by atoms with Crippen LogP contribution in [-0.4, -0.2) is 31.1 Å². The monoisotopic (exact) mass is 336 g/mol. The molecular formula is C18H27FN3O2+. The number of benzene rings is 1. The van der Waals surface area contributed by atoms with Gasteiger partial charge >= 0.3 is 6.03 Å². The van der Waals surface area contributed by atoms with E-state index in [1.54, 1.807) is 13.0 Å². The van der Waals surface area contributed by atoms with Crippen molar-refractivity contribution in [1.29, 1.82) is 0 Å². The highest BCUT2D eigenvalue weighted by atomic mass is 19.1. The van der Waals surface area contributed by atoms with Crippen LogP contribution in [0.5, 0.6) is 0 Å². The fourth-order valence-corrected chi connectivity index (χ4v) is 3.03. The van der Waals surface area contributed by atoms with E-state index in [2.05, 4.69) is 10.6 Å². The third-order valence-corrected chi connectivity index (χ3v) is 4.68. The van der Waals surface area contributed by atoms with Gasteiger partial charge in [-0.15, -0.1) is 0 Å². The standard InChI is InChI=1S/C18H26FN3O2/c1-13(22(2)12-14-7-6-8-15(19)11-14)17(23)21-18(24)20-16-9-4-3-5-10-16/h6-8,11,13,16H,3-5,9-10,12H2,1-2H3,(H2,20,21,23,24)/p+1/t13-/m1/s1. The Bertz CT molecular complexity index is 573. The van der Waals surface area contributed by atoms with E-state index < -0.39 is 12.1 Å². The fraction of sp³-hybridized carbons (Fsp3) is 0.556. The topological polar surface area (TPSA) is 62.6 Å². The lowest BCUT2D eigenvalue weighted by Crippen LogP contribution is -3.12. The quantitative estimate of drug-likeness (QED) is 0.761. The number of quaternary nitrogens is 1. The average molecular weight is 336 g/mol. The van der Waals surface area contributed by atoms with Crippen molar-refractivity contribution >= 4 is 11.9 Å². The molecule has 0 spiro atoms. The van der Waals surface area contributed by atoms with Crippen LogP contribution in [0.15, 0.2) is 24.3 Å². The number of halogens is 1. The molecule has 24 heavy (non-hydrogen) atoms. The van der Waals surface area contributed by atoms with Crippen LogP contribution in [-0.2, 0) is 11.3 Å². The molecule has 0 aliphatic heterocycles. The SMILES string of the molecule is C[C@H](C(=O)NC(=O)NC1CCCCC1)[NH+](C)Cc1cccc(F)c1. The summed E-state index contributed by atoms with van der Waals surface area (Å²) in [6, 6.07) is 5.67. The molecule has 6 heteroatoms. The molecule has 0 heterocycles. The van der Waals surface area contributed by atoms with Gasteiger partial charge in [0.1, 0.15) is 12.4 Å². The Hall–Kier alpha value is -1.95. The molecular weight excluding hydrogens is 309 g/mol. The third-order valence-electron chi connectivity index (χ3n) is 4.68. The molecule has 1 unspecified atom stereocenters. The molecule has 2 rings (SSSR count). The van der Waals surface area contributed by atoms with Crippen LogP contribution in [0.3, 0.4) is 0 Å². The molecule has 1 aromatic carbocycles. The van der Waals surface area contributed by atoms with Gasteiger partial charge in [0.15, 0.2) is 6.04 Å². The van der Waals surface area contributed by atoms with Gasteiger partial charge in [0.05, 0.1) is 7.05 Å². The van der Waals surface area contributed by atoms with Crippen LogP contribution in [0.25, 0.3) is 0 Å². The zero-order chi connectivity index (χ0) is 17.5. The number of imide groups is 1. The summed E-state index contributed by atoms with van der Waals surface area (Å²) in [5.41, 5.74) is 0.818. The Morgan fingerprint density at radius 1 is 1.29 bits per heavy atom. The number of rotatable bonds is 5. The van der Waals surface area contributed by atoms with E-state index >= 15 is 0 Å². The van der Waals surface area contributed by atoms with E-state index in [-0.39, 0.29) is 17.8 Å². The first-order valence-corrected chi connectivity index (χ1v) is 8.64. The number of hydrogen-bond acceptors (Lipinski definition) is 2. The molecule has 0 bridgehead atoms. The first-order valence-electron chi connectivity index (χ1n) is 8.64. The Balaban J connectivity index is 1.80. The van der Waals surface area contributed by atoms with Crippen LogP contribution in [0.1, 0.15) is 44.6 Å². The van der Waals surface area contributed by atoms with Crippen molar-refractivity contribution < 1.29 is 18.9 Å². The van der Waals surface area contributed by atoms with Crippen molar-refractivity contribution in [2.75, 3.05) is 7.05 Å². The smallest absolute Gasteiger partial charge is 0.321 e. The summed E-state index contributed by atoms with van der Waals surface area (Å²) in [4.78, 5) is 25.1. The summed E-state index contributed by atoms with van der Waals surface area (Å²) in [5.74, 6) is -0.610. The second-order valence-electron chi connectivity index (χ2n) is 6.67. The highest BCUT2D eigenvalue weighted by Crippen LogP contribution is 2.17. The maximum atomic E-state index is 13.2. The number of hydrogen-bond donors (Lipinski definition) is 3. The molecule has 0 radical (unpaired) electrons. The number of carbonyl (C=O) groups is 2. The van der Waals surface area contributed by atoms with Gasteiger partial charge < -0.3 is 10.2 Å². The lowest BCUT2D eigenvalue weighted by Gasteiger charge is -2.24. The number of amides is 3. The van der Waals surface area contributed by atoms with E-state index in [1.165, 1.54) is 18.6 Å². The average Bonchev–Trinajstić information content (AvgIpc) is 2.54. The van der Waals surface area contributed by atoms with E-state index in [0.29, 0.717) is 6.54 Å². The summed E-state index contributed by atoms with van der Waals surface area (Å²) in [7, 11) is 1.86. The van der Waals surface area contributed by atoms with Crippen molar-refractivity contribution in [3.8, 4) is 0 Å². The Kier molecular flexibility index (Phi) is 6.73. The maximum absolute atomic E-state index is 13.2. The molecule has 3 amide bonds. The number of nitrogens with one attached hydrogen (secondary N) is 3. The van der Waals surface area contributed by atoms with Crippen LogP contribution in [0, 0.1) is 5.82 Å². The molecule has 0 aromatic heterocycles. The van der Waals surface area contributed by atoms with Gasteiger partial charge in [0, 0.05) is 11.6 Å². The van der Waals surface area contributed by atoms with Crippen molar-refractivity contribution in [2.24, 2.45) is 0 Å². The lowest BCUT2D eigenvalue weighted by molar-refractivity contribution is -0.908. The largest absolute Gasteiger partial charge is 0.335 e. The van der Waals surface area contributed by atoms with Gasteiger partial charge in [0.2, 0.25) is 0 Å². The molecule has 1 aliphatic rings. The predicted molar refractivity (Wildman–Crippen MR) is 90.0 cm³/mol. The van der Waals surface area contributed by atoms with E-state index in [4.69, 9.17) is 0 Å². The summed E-state index contributed by atoms with van der Waals surface area (Å²) in [6.07, 6.45) is 5.40. The highest BCUT2D eigenvalue weighted by molar-refractivity contribution is 5.96. The first kappa shape index (κ1) is 18.4. The number of likely N-dealkylation sites (N-methyl/N-ethyl adjacent to an activating group) is 1. The third kappa shape index (κ3) is 5.60. The number of carbonyl (C=O) groups excluding carboxylic acids is 2. The zero-order valence-electron chi connectivity index (χ0n) is 14.4. The van der Waals surface area contributed by atoms with Gasteiger partial charge in [-0.1, -0.05) is 31.4 Å². The van der Waals surface area contributed by atoms with Crippen LogP contribution >= 0.6 is 0 Å². The Labute approximate surface area is 142 Å². The second-order valence-corrected chi connectivity index (χ2v) is 6.67. The molecule has 1 fully saturated rings. The Morgan fingerprint density at radius 3 is 2.67 bits per heavy atom. The first-order chi connectivity index (χ1) is 11.5. The summed E-state index contributed by atoms with van der Waals surface area (Å²) in [5, 5.41) is 5.29. The molecule has 1 aliphatic carbocycles. The summed E-state index contributed by atoms with van der Waals surface area (Å²) >= 11 is 0. The molecule has 5 nitrogen and oxygen atoms in total. The summed E-state index contributed by atoms with van der Waals surface area (Å²) < 4.78 is 13.2. The molecule has 0 saturated heterocycles. The second kappa shape index (κ2) is 8.78. The van der Waals surface area contributed by atoms with Crippen molar-refractivity contribution in [3.63, 3.8) is 0 Å². The van der Waals surface area contributed by atoms with Crippen LogP contribution in [0.2, 0.25) is 0 Å². The van der Waals surface area contributed by atoms with Gasteiger partial charge in [-0.05, 0) is 31.9 Å². The van der Waals surface area contributed by atoms with Crippen molar-refractivity contribution in [2.45, 2.75) is 57.7 Å². The van der Waals surface area contributed by atoms with Gasteiger partial charge in [0.25, 0.3) is 5.91 Å². The molecule has 1 aromatic rings. The highest BCUT2D eigenvalue weighted by Gasteiger charge is 2.25. The van der Waals surface area contributed by atoms with Crippen LogP contribution in [0.4, 0.5) is 9.18 Å². The van der Waals surface area contributed by atoms with Crippen LogP contribution < -0.4 is 15.5 Å². The van der Waals surface area contributed by atoms with E-state index in [1.807, 2.05) is 13.1 Å². The van der Waals surface area contributed by atoms with Crippen molar-refractivity contribution in [3.05, 3.63) is 35.6 Å². The molecule has 1 saturated carbocycles. The summed E-state index contributed by atoms with van der Waals surface area (Å²) in [6.45, 7) is 2.27. The predicted octanol–water partition coefficient (Wildman–Crippen LogP) is 1.39. The van der Waals surface area contributed by atoms with Gasteiger partial charge in [-0.25, -0.2) is 9.18 Å². The zero-order valence-corrected chi connectivity index (χ0v) is 14.4. The Morgan fingerprint density at radius 2 is 2.00 bits per heavy atom. The van der Waals surface area contributed by atoms with Crippen molar-refractivity contribution in [1.82, 2.24) is 10.6 Å². The normalized spacial score (nSPS) is 17.8. The molecule has 132 valence electrons. The van der Waals surface area contributed by atoms with Gasteiger partial charge in [-0.2, -0.15) is 0 Å². The minimum Gasteiger partial charge on any atom is -0.335 e. The maximum Gasteiger partial charge on any atom is 0.321 e. The lowest BCUT2D eigenvalue weighted by atomic mass is 9.96. The fourth-order valence-electron chi connectivity index (χ4n) is 3.03. The minimum atomic E-state index is -0.419. The minimum absolute atomic E-state index is 0.166. The molecule has 2 atom stereocenters.